The highest BCUT2D eigenvalue weighted by atomic mass is 35.5. The summed E-state index contributed by atoms with van der Waals surface area (Å²) in [6, 6.07) is 5.05. The number of nitrogens with zero attached hydrogens (tertiary/aromatic N) is 1. The van der Waals surface area contributed by atoms with Crippen molar-refractivity contribution in [2.24, 2.45) is 0 Å². The van der Waals surface area contributed by atoms with Crippen LogP contribution < -0.4 is 5.32 Å². The van der Waals surface area contributed by atoms with E-state index >= 15 is 0 Å². The number of aryl methyl sites for hydroxylation is 2. The quantitative estimate of drug-likeness (QED) is 0.386. The van der Waals surface area contributed by atoms with Gasteiger partial charge in [-0.15, -0.1) is 11.3 Å². The van der Waals surface area contributed by atoms with Crippen LogP contribution >= 0.6 is 34.5 Å². The maximum Gasteiger partial charge on any atom is 0.341 e. The van der Waals surface area contributed by atoms with E-state index in [0.717, 1.165) is 42.5 Å². The summed E-state index contributed by atoms with van der Waals surface area (Å²) in [6.45, 7) is 3.91. The van der Waals surface area contributed by atoms with E-state index < -0.39 is 11.9 Å². The predicted molar refractivity (Wildman–Crippen MR) is 126 cm³/mol. The number of hydrogen-bond acceptors (Lipinski definition) is 6. The largest absolute Gasteiger partial charge is 0.462 e. The van der Waals surface area contributed by atoms with Gasteiger partial charge in [0.05, 0.1) is 22.2 Å². The molecule has 3 aromatic rings. The summed E-state index contributed by atoms with van der Waals surface area (Å²) in [5.74, 6) is -0.527. The van der Waals surface area contributed by atoms with Gasteiger partial charge in [-0.25, -0.2) is 4.79 Å². The molecule has 0 spiro atoms. The van der Waals surface area contributed by atoms with Crippen LogP contribution in [0.25, 0.3) is 11.3 Å². The number of esters is 1. The first kappa shape index (κ1) is 22.8. The third-order valence-electron chi connectivity index (χ3n) is 5.33. The molecule has 1 N–H and O–H groups in total. The standard InChI is InChI=1S/C23H22Cl2N2O4S/c1-3-11-30-23(29)18-13-7-4-5-10-16(13)32-22(18)26-21(28)17-12(2)31-27-20(17)19-14(24)8-6-9-15(19)25/h6,8-9H,3-5,7,10-11H2,1-2H3,(H,26,28). The van der Waals surface area contributed by atoms with E-state index in [4.69, 9.17) is 32.5 Å². The van der Waals surface area contributed by atoms with Gasteiger partial charge >= 0.3 is 5.97 Å². The Kier molecular flexibility index (Phi) is 6.88. The summed E-state index contributed by atoms with van der Waals surface area (Å²) in [4.78, 5) is 27.3. The molecule has 0 bridgehead atoms. The number of halogens is 2. The molecular weight excluding hydrogens is 471 g/mol. The number of carbonyl (C=O) groups excluding carboxylic acids is 2. The minimum atomic E-state index is -0.446. The summed E-state index contributed by atoms with van der Waals surface area (Å²) >= 11 is 14.1. The van der Waals surface area contributed by atoms with Crippen LogP contribution in [0.4, 0.5) is 5.00 Å². The molecule has 0 radical (unpaired) electrons. The summed E-state index contributed by atoms with van der Waals surface area (Å²) in [7, 11) is 0. The van der Waals surface area contributed by atoms with E-state index in [1.54, 1.807) is 25.1 Å². The van der Waals surface area contributed by atoms with Crippen molar-refractivity contribution in [2.75, 3.05) is 11.9 Å². The van der Waals surface area contributed by atoms with E-state index in [1.807, 2.05) is 6.92 Å². The van der Waals surface area contributed by atoms with Crippen molar-refractivity contribution in [3.05, 3.63) is 55.6 Å². The molecule has 4 rings (SSSR count). The van der Waals surface area contributed by atoms with Crippen molar-refractivity contribution in [1.82, 2.24) is 5.16 Å². The number of hydrogen-bond donors (Lipinski definition) is 1. The molecule has 0 saturated heterocycles. The van der Waals surface area contributed by atoms with Crippen LogP contribution in [0.5, 0.6) is 0 Å². The molecule has 0 saturated carbocycles. The molecule has 1 aliphatic carbocycles. The van der Waals surface area contributed by atoms with Gasteiger partial charge in [-0.05, 0) is 56.7 Å². The fraction of sp³-hybridized carbons (Fsp3) is 0.348. The Bertz CT molecular complexity index is 1160. The Morgan fingerprint density at radius 1 is 1.19 bits per heavy atom. The summed E-state index contributed by atoms with van der Waals surface area (Å²) in [5.41, 5.74) is 2.34. The second-order valence-electron chi connectivity index (χ2n) is 7.56. The van der Waals surface area contributed by atoms with Gasteiger partial charge in [0.15, 0.2) is 0 Å². The number of fused-ring (bicyclic) bond motifs is 1. The third-order valence-corrected chi connectivity index (χ3v) is 7.17. The molecule has 168 valence electrons. The molecule has 2 aromatic heterocycles. The molecule has 1 aromatic carbocycles. The molecule has 2 heterocycles. The van der Waals surface area contributed by atoms with Crippen LogP contribution in [-0.2, 0) is 17.6 Å². The van der Waals surface area contributed by atoms with Crippen LogP contribution in [0, 0.1) is 6.92 Å². The Balaban J connectivity index is 1.73. The number of anilines is 1. The minimum Gasteiger partial charge on any atom is -0.462 e. The minimum absolute atomic E-state index is 0.222. The lowest BCUT2D eigenvalue weighted by Crippen LogP contribution is -2.17. The SMILES string of the molecule is CCCOC(=O)c1c(NC(=O)c2c(-c3c(Cl)cccc3Cl)noc2C)sc2c1CCCC2. The Hall–Kier alpha value is -2.35. The molecular formula is C23H22Cl2N2O4S. The highest BCUT2D eigenvalue weighted by Crippen LogP contribution is 2.40. The van der Waals surface area contributed by atoms with Crippen molar-refractivity contribution in [3.63, 3.8) is 0 Å². The van der Waals surface area contributed by atoms with Gasteiger partial charge < -0.3 is 14.6 Å². The van der Waals surface area contributed by atoms with Crippen molar-refractivity contribution in [2.45, 2.75) is 46.0 Å². The van der Waals surface area contributed by atoms with Gasteiger partial charge in [0.25, 0.3) is 5.91 Å². The first-order chi connectivity index (χ1) is 15.4. The van der Waals surface area contributed by atoms with Crippen LogP contribution in [0.15, 0.2) is 22.7 Å². The van der Waals surface area contributed by atoms with E-state index in [0.29, 0.717) is 38.5 Å². The highest BCUT2D eigenvalue weighted by molar-refractivity contribution is 7.17. The van der Waals surface area contributed by atoms with E-state index in [-0.39, 0.29) is 11.3 Å². The lowest BCUT2D eigenvalue weighted by atomic mass is 9.95. The lowest BCUT2D eigenvalue weighted by molar-refractivity contribution is 0.0505. The van der Waals surface area contributed by atoms with Crippen molar-refractivity contribution in [3.8, 4) is 11.3 Å². The summed E-state index contributed by atoms with van der Waals surface area (Å²) in [6.07, 6.45) is 4.47. The first-order valence-electron chi connectivity index (χ1n) is 10.5. The lowest BCUT2D eigenvalue weighted by Gasteiger charge is -2.12. The van der Waals surface area contributed by atoms with Crippen molar-refractivity contribution < 1.29 is 18.8 Å². The zero-order valence-electron chi connectivity index (χ0n) is 17.7. The van der Waals surface area contributed by atoms with Crippen LogP contribution in [0.2, 0.25) is 10.0 Å². The van der Waals surface area contributed by atoms with Crippen molar-refractivity contribution >= 4 is 51.4 Å². The van der Waals surface area contributed by atoms with Gasteiger partial charge in [0.2, 0.25) is 0 Å². The smallest absolute Gasteiger partial charge is 0.341 e. The average Bonchev–Trinajstić information content (AvgIpc) is 3.32. The maximum atomic E-state index is 13.4. The van der Waals surface area contributed by atoms with E-state index in [1.165, 1.54) is 11.3 Å². The molecule has 32 heavy (non-hydrogen) atoms. The van der Waals surface area contributed by atoms with Gasteiger partial charge in [0, 0.05) is 10.4 Å². The number of ether oxygens (including phenoxy) is 1. The second-order valence-corrected chi connectivity index (χ2v) is 9.48. The van der Waals surface area contributed by atoms with Crippen LogP contribution in [0.1, 0.15) is 63.1 Å². The molecule has 0 aliphatic heterocycles. The molecule has 1 amide bonds. The van der Waals surface area contributed by atoms with E-state index in [9.17, 15) is 9.59 Å². The number of amides is 1. The van der Waals surface area contributed by atoms with Crippen LogP contribution in [0.3, 0.4) is 0 Å². The number of aromatic nitrogens is 1. The van der Waals surface area contributed by atoms with Crippen molar-refractivity contribution in [1.29, 1.82) is 0 Å². The van der Waals surface area contributed by atoms with Gasteiger partial charge in [-0.2, -0.15) is 0 Å². The predicted octanol–water partition coefficient (Wildman–Crippen LogP) is 6.72. The Morgan fingerprint density at radius 2 is 1.91 bits per heavy atom. The normalized spacial score (nSPS) is 13.0. The van der Waals surface area contributed by atoms with Gasteiger partial charge in [-0.1, -0.05) is 41.3 Å². The van der Waals surface area contributed by atoms with Gasteiger partial charge in [-0.3, -0.25) is 4.79 Å². The highest BCUT2D eigenvalue weighted by Gasteiger charge is 2.30. The summed E-state index contributed by atoms with van der Waals surface area (Å²) in [5, 5.41) is 8.15. The molecule has 1 aliphatic rings. The third kappa shape index (κ3) is 4.29. The molecule has 0 atom stereocenters. The number of nitrogens with one attached hydrogen (secondary N) is 1. The van der Waals surface area contributed by atoms with E-state index in [2.05, 4.69) is 10.5 Å². The number of thiophene rings is 1. The number of rotatable bonds is 6. The monoisotopic (exact) mass is 492 g/mol. The zero-order chi connectivity index (χ0) is 22.8. The molecule has 6 nitrogen and oxygen atoms in total. The van der Waals surface area contributed by atoms with Crippen LogP contribution in [-0.4, -0.2) is 23.6 Å². The number of carbonyl (C=O) groups is 2. The Labute approximate surface area is 199 Å². The van der Waals surface area contributed by atoms with Gasteiger partial charge in [0.1, 0.15) is 22.0 Å². The fourth-order valence-electron chi connectivity index (χ4n) is 3.84. The second kappa shape index (κ2) is 9.65. The molecule has 9 heteroatoms. The summed E-state index contributed by atoms with van der Waals surface area (Å²) < 4.78 is 10.7. The zero-order valence-corrected chi connectivity index (χ0v) is 20.0. The fourth-order valence-corrected chi connectivity index (χ4v) is 5.69. The molecule has 0 unspecified atom stereocenters. The Morgan fingerprint density at radius 3 is 2.62 bits per heavy atom. The topological polar surface area (TPSA) is 81.4 Å². The maximum absolute atomic E-state index is 13.4. The average molecular weight is 493 g/mol. The first-order valence-corrected chi connectivity index (χ1v) is 12.0. The molecule has 0 fully saturated rings. The number of benzene rings is 1.